The van der Waals surface area contributed by atoms with Gasteiger partial charge in [0.15, 0.2) is 0 Å². The molecule has 9 heteroatoms. The van der Waals surface area contributed by atoms with Gasteiger partial charge in [0, 0.05) is 36.0 Å². The lowest BCUT2D eigenvalue weighted by Gasteiger charge is -2.18. The molecular formula is C23H23Cl2N3O4. The number of furan rings is 1. The zero-order valence-electron chi connectivity index (χ0n) is 17.7. The van der Waals surface area contributed by atoms with Crippen molar-refractivity contribution in [2.75, 3.05) is 20.1 Å². The third-order valence-electron chi connectivity index (χ3n) is 4.95. The SMILES string of the molecule is CCc1oc2ccccc2c1CN(C)C(=O)CNC(=O)CNC(=O)c1ccc(Cl)cc1Cl. The number of nitrogens with one attached hydrogen (secondary N) is 2. The molecule has 1 aromatic heterocycles. The first-order valence-corrected chi connectivity index (χ1v) is 10.8. The quantitative estimate of drug-likeness (QED) is 0.518. The molecule has 32 heavy (non-hydrogen) atoms. The summed E-state index contributed by atoms with van der Waals surface area (Å²) in [5.41, 5.74) is 1.95. The summed E-state index contributed by atoms with van der Waals surface area (Å²) < 4.78 is 5.87. The first-order chi connectivity index (χ1) is 15.3. The molecule has 0 spiro atoms. The van der Waals surface area contributed by atoms with Gasteiger partial charge in [0.1, 0.15) is 11.3 Å². The molecule has 0 fully saturated rings. The molecule has 168 valence electrons. The Balaban J connectivity index is 1.51. The molecule has 0 aliphatic rings. The van der Waals surface area contributed by atoms with E-state index in [2.05, 4.69) is 10.6 Å². The number of carbonyl (C=O) groups excluding carboxylic acids is 3. The Bertz CT molecular complexity index is 1160. The normalized spacial score (nSPS) is 10.8. The molecule has 0 radical (unpaired) electrons. The zero-order chi connectivity index (χ0) is 23.3. The van der Waals surface area contributed by atoms with Crippen molar-refractivity contribution in [1.82, 2.24) is 15.5 Å². The fourth-order valence-corrected chi connectivity index (χ4v) is 3.73. The van der Waals surface area contributed by atoms with Crippen LogP contribution >= 0.6 is 23.2 Å². The van der Waals surface area contributed by atoms with Crippen LogP contribution in [0, 0.1) is 0 Å². The van der Waals surface area contributed by atoms with Crippen LogP contribution in [0.25, 0.3) is 11.0 Å². The lowest BCUT2D eigenvalue weighted by molar-refractivity contribution is -0.132. The fourth-order valence-electron chi connectivity index (χ4n) is 3.23. The second-order valence-corrected chi connectivity index (χ2v) is 8.03. The molecule has 1 heterocycles. The predicted octanol–water partition coefficient (Wildman–Crippen LogP) is 3.81. The minimum atomic E-state index is -0.510. The van der Waals surface area contributed by atoms with Gasteiger partial charge < -0.3 is 20.0 Å². The van der Waals surface area contributed by atoms with Crippen LogP contribution in [-0.2, 0) is 22.6 Å². The van der Waals surface area contributed by atoms with Gasteiger partial charge in [-0.25, -0.2) is 0 Å². The van der Waals surface area contributed by atoms with Crippen molar-refractivity contribution in [3.63, 3.8) is 0 Å². The Morgan fingerprint density at radius 3 is 2.50 bits per heavy atom. The van der Waals surface area contributed by atoms with E-state index >= 15 is 0 Å². The van der Waals surface area contributed by atoms with E-state index in [9.17, 15) is 14.4 Å². The lowest BCUT2D eigenvalue weighted by atomic mass is 10.1. The van der Waals surface area contributed by atoms with Crippen molar-refractivity contribution in [3.8, 4) is 0 Å². The van der Waals surface area contributed by atoms with Crippen molar-refractivity contribution in [3.05, 3.63) is 69.4 Å². The number of halogens is 2. The number of benzene rings is 2. The van der Waals surface area contributed by atoms with Gasteiger partial charge in [0.05, 0.1) is 23.7 Å². The highest BCUT2D eigenvalue weighted by atomic mass is 35.5. The van der Waals surface area contributed by atoms with Gasteiger partial charge in [-0.1, -0.05) is 48.3 Å². The second kappa shape index (κ2) is 10.5. The minimum Gasteiger partial charge on any atom is -0.461 e. The largest absolute Gasteiger partial charge is 0.461 e. The van der Waals surface area contributed by atoms with Crippen LogP contribution in [0.3, 0.4) is 0 Å². The van der Waals surface area contributed by atoms with Gasteiger partial charge in [-0.15, -0.1) is 0 Å². The standard InChI is InChI=1S/C23H23Cl2N3O4/c1-3-19-17(15-6-4-5-7-20(15)32-19)13-28(2)22(30)12-26-21(29)11-27-23(31)16-9-8-14(24)10-18(16)25/h4-10H,3,11-13H2,1-2H3,(H,26,29)(H,27,31). The van der Waals surface area contributed by atoms with Crippen molar-refractivity contribution >= 4 is 51.9 Å². The van der Waals surface area contributed by atoms with Crippen LogP contribution in [0.2, 0.25) is 10.0 Å². The van der Waals surface area contributed by atoms with E-state index in [0.29, 0.717) is 18.0 Å². The second-order valence-electron chi connectivity index (χ2n) is 7.19. The molecule has 0 unspecified atom stereocenters. The highest BCUT2D eigenvalue weighted by Gasteiger charge is 2.18. The number of amides is 3. The Hall–Kier alpha value is -3.03. The predicted molar refractivity (Wildman–Crippen MR) is 124 cm³/mol. The molecule has 0 aliphatic carbocycles. The number of aryl methyl sites for hydroxylation is 1. The Labute approximate surface area is 195 Å². The van der Waals surface area contributed by atoms with Crippen molar-refractivity contribution in [1.29, 1.82) is 0 Å². The summed E-state index contributed by atoms with van der Waals surface area (Å²) in [6.07, 6.45) is 0.708. The molecule has 0 bridgehead atoms. The summed E-state index contributed by atoms with van der Waals surface area (Å²) in [6.45, 7) is 1.88. The number of hydrogen-bond donors (Lipinski definition) is 2. The molecule has 0 saturated carbocycles. The van der Waals surface area contributed by atoms with Crippen LogP contribution in [-0.4, -0.2) is 42.8 Å². The summed E-state index contributed by atoms with van der Waals surface area (Å²) >= 11 is 11.8. The van der Waals surface area contributed by atoms with Crippen LogP contribution in [0.15, 0.2) is 46.9 Å². The van der Waals surface area contributed by atoms with Crippen molar-refractivity contribution in [2.45, 2.75) is 19.9 Å². The Morgan fingerprint density at radius 2 is 1.78 bits per heavy atom. The van der Waals surface area contributed by atoms with Crippen LogP contribution in [0.5, 0.6) is 0 Å². The number of carbonyl (C=O) groups is 3. The molecule has 2 N–H and O–H groups in total. The van der Waals surface area contributed by atoms with E-state index in [1.54, 1.807) is 7.05 Å². The van der Waals surface area contributed by atoms with Crippen LogP contribution in [0.4, 0.5) is 0 Å². The van der Waals surface area contributed by atoms with Gasteiger partial charge in [-0.3, -0.25) is 14.4 Å². The maximum absolute atomic E-state index is 12.5. The number of hydrogen-bond acceptors (Lipinski definition) is 4. The summed E-state index contributed by atoms with van der Waals surface area (Å²) in [5, 5.41) is 6.54. The average Bonchev–Trinajstić information content (AvgIpc) is 3.13. The number of likely N-dealkylation sites (N-methyl/N-ethyl adjacent to an activating group) is 1. The summed E-state index contributed by atoms with van der Waals surface area (Å²) in [5.74, 6) is -0.436. The molecule has 3 rings (SSSR count). The van der Waals surface area contributed by atoms with E-state index in [-0.39, 0.29) is 29.6 Å². The average molecular weight is 476 g/mol. The van der Waals surface area contributed by atoms with Gasteiger partial charge in [0.2, 0.25) is 11.8 Å². The molecule has 0 aliphatic heterocycles. The van der Waals surface area contributed by atoms with Crippen molar-refractivity contribution < 1.29 is 18.8 Å². The number of para-hydroxylation sites is 1. The monoisotopic (exact) mass is 475 g/mol. The smallest absolute Gasteiger partial charge is 0.253 e. The molecule has 0 saturated heterocycles. The van der Waals surface area contributed by atoms with E-state index < -0.39 is 11.8 Å². The summed E-state index contributed by atoms with van der Waals surface area (Å²) in [4.78, 5) is 38.3. The first kappa shape index (κ1) is 23.6. The Morgan fingerprint density at radius 1 is 1.03 bits per heavy atom. The van der Waals surface area contributed by atoms with Gasteiger partial charge >= 0.3 is 0 Å². The molecule has 0 atom stereocenters. The van der Waals surface area contributed by atoms with E-state index in [1.165, 1.54) is 23.1 Å². The summed E-state index contributed by atoms with van der Waals surface area (Å²) in [6, 6.07) is 12.1. The van der Waals surface area contributed by atoms with Crippen LogP contribution in [0.1, 0.15) is 28.6 Å². The van der Waals surface area contributed by atoms with Crippen molar-refractivity contribution in [2.24, 2.45) is 0 Å². The van der Waals surface area contributed by atoms with E-state index in [0.717, 1.165) is 22.3 Å². The van der Waals surface area contributed by atoms with E-state index in [1.807, 2.05) is 31.2 Å². The van der Waals surface area contributed by atoms with Gasteiger partial charge in [-0.05, 0) is 24.3 Å². The maximum atomic E-state index is 12.5. The fraction of sp³-hybridized carbons (Fsp3) is 0.261. The molecule has 3 aromatic rings. The summed E-state index contributed by atoms with van der Waals surface area (Å²) in [7, 11) is 1.67. The Kier molecular flexibility index (Phi) is 7.77. The van der Waals surface area contributed by atoms with Gasteiger partial charge in [0.25, 0.3) is 5.91 Å². The highest BCUT2D eigenvalue weighted by Crippen LogP contribution is 2.27. The van der Waals surface area contributed by atoms with E-state index in [4.69, 9.17) is 27.6 Å². The number of fused-ring (bicyclic) bond motifs is 1. The molecular weight excluding hydrogens is 453 g/mol. The van der Waals surface area contributed by atoms with Gasteiger partial charge in [-0.2, -0.15) is 0 Å². The third-order valence-corrected chi connectivity index (χ3v) is 5.49. The number of rotatable bonds is 8. The first-order valence-electron chi connectivity index (χ1n) is 10.0. The molecule has 3 amide bonds. The highest BCUT2D eigenvalue weighted by molar-refractivity contribution is 6.36. The minimum absolute atomic E-state index is 0.186. The third kappa shape index (κ3) is 5.60. The zero-order valence-corrected chi connectivity index (χ0v) is 19.2. The molecule has 7 nitrogen and oxygen atoms in total. The lowest BCUT2D eigenvalue weighted by Crippen LogP contribution is -2.42. The topological polar surface area (TPSA) is 91.7 Å². The maximum Gasteiger partial charge on any atom is 0.253 e. The van der Waals surface area contributed by atoms with Crippen LogP contribution < -0.4 is 10.6 Å². The molecule has 2 aromatic carbocycles. The number of nitrogens with zero attached hydrogens (tertiary/aromatic N) is 1.